The summed E-state index contributed by atoms with van der Waals surface area (Å²) in [5.41, 5.74) is 0. The topological polar surface area (TPSA) is 46.6 Å². The lowest BCUT2D eigenvalue weighted by atomic mass is 9.99. The van der Waals surface area contributed by atoms with Crippen LogP contribution in [0.3, 0.4) is 0 Å². The van der Waals surface area contributed by atoms with Gasteiger partial charge in [0.05, 0.1) is 12.0 Å². The molecule has 0 spiro atoms. The van der Waals surface area contributed by atoms with Crippen molar-refractivity contribution in [2.24, 2.45) is 5.92 Å². The SMILES string of the molecule is COC(=O)c1ccc(C(=O)N2CCC(C)CC2)s1. The number of amides is 1. The summed E-state index contributed by atoms with van der Waals surface area (Å²) in [6, 6.07) is 3.35. The molecule has 1 saturated heterocycles. The number of likely N-dealkylation sites (tertiary alicyclic amines) is 1. The summed E-state index contributed by atoms with van der Waals surface area (Å²) >= 11 is 1.20. The highest BCUT2D eigenvalue weighted by Gasteiger charge is 2.23. The lowest BCUT2D eigenvalue weighted by Crippen LogP contribution is -2.37. The van der Waals surface area contributed by atoms with Crippen molar-refractivity contribution in [1.29, 1.82) is 0 Å². The van der Waals surface area contributed by atoms with Gasteiger partial charge in [-0.2, -0.15) is 0 Å². The Kier molecular flexibility index (Phi) is 4.01. The number of carbonyl (C=O) groups excluding carboxylic acids is 2. The van der Waals surface area contributed by atoms with Gasteiger partial charge in [0.25, 0.3) is 5.91 Å². The van der Waals surface area contributed by atoms with Crippen molar-refractivity contribution in [2.75, 3.05) is 20.2 Å². The highest BCUT2D eigenvalue weighted by atomic mass is 32.1. The monoisotopic (exact) mass is 267 g/mol. The fraction of sp³-hybridized carbons (Fsp3) is 0.538. The number of carbonyl (C=O) groups is 2. The van der Waals surface area contributed by atoms with Crippen molar-refractivity contribution in [3.8, 4) is 0 Å². The smallest absolute Gasteiger partial charge is 0.348 e. The Morgan fingerprint density at radius 3 is 2.50 bits per heavy atom. The summed E-state index contributed by atoms with van der Waals surface area (Å²) in [7, 11) is 1.34. The van der Waals surface area contributed by atoms with Crippen molar-refractivity contribution in [3.63, 3.8) is 0 Å². The molecular formula is C13H17NO3S. The number of piperidine rings is 1. The van der Waals surface area contributed by atoms with E-state index in [4.69, 9.17) is 0 Å². The van der Waals surface area contributed by atoms with E-state index in [0.717, 1.165) is 25.9 Å². The second-order valence-electron chi connectivity index (χ2n) is 4.63. The quantitative estimate of drug-likeness (QED) is 0.773. The lowest BCUT2D eigenvalue weighted by molar-refractivity contribution is 0.0606. The molecule has 1 aliphatic heterocycles. The third kappa shape index (κ3) is 2.72. The summed E-state index contributed by atoms with van der Waals surface area (Å²) in [5.74, 6) is 0.344. The van der Waals surface area contributed by atoms with Gasteiger partial charge in [0.15, 0.2) is 0 Å². The maximum atomic E-state index is 12.2. The van der Waals surface area contributed by atoms with Crippen LogP contribution in [0, 0.1) is 5.92 Å². The number of hydrogen-bond acceptors (Lipinski definition) is 4. The minimum Gasteiger partial charge on any atom is -0.465 e. The molecule has 2 heterocycles. The molecule has 98 valence electrons. The van der Waals surface area contributed by atoms with Crippen LogP contribution in [-0.4, -0.2) is 37.0 Å². The van der Waals surface area contributed by atoms with Crippen LogP contribution in [0.15, 0.2) is 12.1 Å². The molecule has 0 bridgehead atoms. The lowest BCUT2D eigenvalue weighted by Gasteiger charge is -2.29. The average Bonchev–Trinajstić information content (AvgIpc) is 2.87. The fourth-order valence-electron chi connectivity index (χ4n) is 2.03. The number of nitrogens with zero attached hydrogens (tertiary/aromatic N) is 1. The van der Waals surface area contributed by atoms with Gasteiger partial charge in [-0.25, -0.2) is 4.79 Å². The zero-order chi connectivity index (χ0) is 13.1. The highest BCUT2D eigenvalue weighted by Crippen LogP contribution is 2.22. The molecule has 0 aliphatic carbocycles. The van der Waals surface area contributed by atoms with E-state index in [1.165, 1.54) is 18.4 Å². The first-order chi connectivity index (χ1) is 8.61. The molecule has 1 aromatic heterocycles. The van der Waals surface area contributed by atoms with Crippen LogP contribution in [0.25, 0.3) is 0 Å². The number of thiophene rings is 1. The first-order valence-corrected chi connectivity index (χ1v) is 6.91. The molecule has 1 aromatic rings. The molecular weight excluding hydrogens is 250 g/mol. The molecule has 0 aromatic carbocycles. The predicted molar refractivity (Wildman–Crippen MR) is 70.0 cm³/mol. The molecule has 0 atom stereocenters. The minimum absolute atomic E-state index is 0.0297. The highest BCUT2D eigenvalue weighted by molar-refractivity contribution is 7.15. The van der Waals surface area contributed by atoms with Crippen LogP contribution in [0.2, 0.25) is 0 Å². The van der Waals surface area contributed by atoms with Gasteiger partial charge in [0, 0.05) is 13.1 Å². The number of rotatable bonds is 2. The molecule has 2 rings (SSSR count). The van der Waals surface area contributed by atoms with Crippen molar-refractivity contribution < 1.29 is 14.3 Å². The van der Waals surface area contributed by atoms with Crippen LogP contribution >= 0.6 is 11.3 Å². The van der Waals surface area contributed by atoms with Gasteiger partial charge in [0.2, 0.25) is 0 Å². The molecule has 0 saturated carbocycles. The van der Waals surface area contributed by atoms with Crippen molar-refractivity contribution >= 4 is 23.2 Å². The van der Waals surface area contributed by atoms with Gasteiger partial charge < -0.3 is 9.64 Å². The maximum Gasteiger partial charge on any atom is 0.348 e. The van der Waals surface area contributed by atoms with E-state index in [1.807, 2.05) is 4.90 Å². The van der Waals surface area contributed by atoms with E-state index in [9.17, 15) is 9.59 Å². The second-order valence-corrected chi connectivity index (χ2v) is 5.71. The Hall–Kier alpha value is -1.36. The summed E-state index contributed by atoms with van der Waals surface area (Å²) in [6.07, 6.45) is 2.11. The Morgan fingerprint density at radius 1 is 1.28 bits per heavy atom. The zero-order valence-corrected chi connectivity index (χ0v) is 11.5. The summed E-state index contributed by atoms with van der Waals surface area (Å²) < 4.78 is 4.64. The Bertz CT molecular complexity index is 447. The number of esters is 1. The Balaban J connectivity index is 2.05. The third-order valence-corrected chi connectivity index (χ3v) is 4.33. The molecule has 0 N–H and O–H groups in total. The molecule has 1 amide bonds. The van der Waals surface area contributed by atoms with Gasteiger partial charge in [-0.3, -0.25) is 4.79 Å². The summed E-state index contributed by atoms with van der Waals surface area (Å²) in [6.45, 7) is 3.83. The van der Waals surface area contributed by atoms with Crippen LogP contribution in [0.1, 0.15) is 39.1 Å². The average molecular weight is 267 g/mol. The summed E-state index contributed by atoms with van der Waals surface area (Å²) in [4.78, 5) is 26.5. The molecule has 0 radical (unpaired) electrons. The van der Waals surface area contributed by atoms with Gasteiger partial charge in [-0.1, -0.05) is 6.92 Å². The van der Waals surface area contributed by atoms with Crippen LogP contribution in [0.4, 0.5) is 0 Å². The number of methoxy groups -OCH3 is 1. The van der Waals surface area contributed by atoms with Gasteiger partial charge in [0.1, 0.15) is 4.88 Å². The minimum atomic E-state index is -0.383. The van der Waals surface area contributed by atoms with Crippen molar-refractivity contribution in [2.45, 2.75) is 19.8 Å². The van der Waals surface area contributed by atoms with E-state index in [0.29, 0.717) is 15.7 Å². The zero-order valence-electron chi connectivity index (χ0n) is 10.6. The van der Waals surface area contributed by atoms with Gasteiger partial charge in [-0.15, -0.1) is 11.3 Å². The largest absolute Gasteiger partial charge is 0.465 e. The van der Waals surface area contributed by atoms with E-state index in [-0.39, 0.29) is 11.9 Å². The fourth-order valence-corrected chi connectivity index (χ4v) is 2.92. The van der Waals surface area contributed by atoms with Crippen LogP contribution in [0.5, 0.6) is 0 Å². The van der Waals surface area contributed by atoms with Crippen LogP contribution in [-0.2, 0) is 4.74 Å². The Labute approximate surface area is 111 Å². The molecule has 5 heteroatoms. The number of hydrogen-bond donors (Lipinski definition) is 0. The van der Waals surface area contributed by atoms with E-state index >= 15 is 0 Å². The van der Waals surface area contributed by atoms with E-state index < -0.39 is 0 Å². The predicted octanol–water partition coefficient (Wildman–Crippen LogP) is 2.41. The van der Waals surface area contributed by atoms with Gasteiger partial charge >= 0.3 is 5.97 Å². The third-order valence-electron chi connectivity index (χ3n) is 3.27. The molecule has 0 unspecified atom stereocenters. The summed E-state index contributed by atoms with van der Waals surface area (Å²) in [5, 5.41) is 0. The molecule has 1 aliphatic rings. The normalized spacial score (nSPS) is 16.7. The van der Waals surface area contributed by atoms with E-state index in [2.05, 4.69) is 11.7 Å². The first-order valence-electron chi connectivity index (χ1n) is 6.09. The van der Waals surface area contributed by atoms with Crippen molar-refractivity contribution in [1.82, 2.24) is 4.90 Å². The standard InChI is InChI=1S/C13H17NO3S/c1-9-5-7-14(8-6-9)12(15)10-3-4-11(18-10)13(16)17-2/h3-4,9H,5-8H2,1-2H3. The van der Waals surface area contributed by atoms with Crippen LogP contribution < -0.4 is 0 Å². The second kappa shape index (κ2) is 5.52. The maximum absolute atomic E-state index is 12.2. The van der Waals surface area contributed by atoms with Crippen molar-refractivity contribution in [3.05, 3.63) is 21.9 Å². The molecule has 4 nitrogen and oxygen atoms in total. The Morgan fingerprint density at radius 2 is 1.89 bits per heavy atom. The van der Waals surface area contributed by atoms with Gasteiger partial charge in [-0.05, 0) is 30.9 Å². The number of ether oxygens (including phenoxy) is 1. The first kappa shape index (κ1) is 13.1. The molecule has 18 heavy (non-hydrogen) atoms. The molecule has 1 fully saturated rings. The van der Waals surface area contributed by atoms with E-state index in [1.54, 1.807) is 12.1 Å².